The van der Waals surface area contributed by atoms with Crippen LogP contribution in [-0.4, -0.2) is 36.5 Å². The quantitative estimate of drug-likeness (QED) is 0.653. The molecule has 78 valence electrons. The lowest BCUT2D eigenvalue weighted by molar-refractivity contribution is -0.127. The van der Waals surface area contributed by atoms with E-state index in [0.29, 0.717) is 6.04 Å². The zero-order valence-corrected chi connectivity index (χ0v) is 8.97. The summed E-state index contributed by atoms with van der Waals surface area (Å²) in [5, 5.41) is 3.30. The van der Waals surface area contributed by atoms with E-state index in [0.717, 1.165) is 32.5 Å². The number of rotatable bonds is 2. The number of piperidine rings is 1. The van der Waals surface area contributed by atoms with E-state index >= 15 is 0 Å². The van der Waals surface area contributed by atoms with Gasteiger partial charge in [-0.25, -0.2) is 0 Å². The van der Waals surface area contributed by atoms with Crippen LogP contribution < -0.4 is 5.32 Å². The predicted octanol–water partition coefficient (Wildman–Crippen LogP) is 0.610. The van der Waals surface area contributed by atoms with Gasteiger partial charge in [0.15, 0.2) is 0 Å². The van der Waals surface area contributed by atoms with E-state index in [4.69, 9.17) is 0 Å². The molecule has 0 spiro atoms. The Hall–Kier alpha value is -1.01. The van der Waals surface area contributed by atoms with Gasteiger partial charge in [0.2, 0.25) is 0 Å². The van der Waals surface area contributed by atoms with Crippen molar-refractivity contribution < 1.29 is 4.79 Å². The third-order valence-electron chi connectivity index (χ3n) is 2.55. The first-order valence-electron chi connectivity index (χ1n) is 5.23. The van der Waals surface area contributed by atoms with Crippen LogP contribution in [0.15, 0.2) is 0 Å². The molecule has 3 nitrogen and oxygen atoms in total. The number of amides is 1. The van der Waals surface area contributed by atoms with Gasteiger partial charge in [0, 0.05) is 19.1 Å². The zero-order valence-electron chi connectivity index (χ0n) is 8.97. The molecule has 1 N–H and O–H groups in total. The van der Waals surface area contributed by atoms with Gasteiger partial charge in [0.25, 0.3) is 5.91 Å². The van der Waals surface area contributed by atoms with E-state index in [9.17, 15) is 4.79 Å². The van der Waals surface area contributed by atoms with Gasteiger partial charge in [0.1, 0.15) is 0 Å². The van der Waals surface area contributed by atoms with Crippen LogP contribution >= 0.6 is 0 Å². The highest BCUT2D eigenvalue weighted by Gasteiger charge is 2.22. The maximum Gasteiger partial charge on any atom is 0.298 e. The van der Waals surface area contributed by atoms with Crippen LogP contribution in [0.1, 0.15) is 26.7 Å². The van der Waals surface area contributed by atoms with Crippen molar-refractivity contribution in [1.29, 1.82) is 0 Å². The van der Waals surface area contributed by atoms with Gasteiger partial charge in [-0.3, -0.25) is 4.79 Å². The van der Waals surface area contributed by atoms with E-state index in [1.807, 2.05) is 11.8 Å². The average Bonchev–Trinajstić information content (AvgIpc) is 2.21. The summed E-state index contributed by atoms with van der Waals surface area (Å²) >= 11 is 0. The van der Waals surface area contributed by atoms with Crippen LogP contribution in [0.4, 0.5) is 0 Å². The third-order valence-corrected chi connectivity index (χ3v) is 2.55. The monoisotopic (exact) mass is 194 g/mol. The second-order valence-electron chi connectivity index (χ2n) is 3.47. The van der Waals surface area contributed by atoms with Gasteiger partial charge in [-0.2, -0.15) is 0 Å². The lowest BCUT2D eigenvalue weighted by atomic mass is 10.1. The Balaban J connectivity index is 2.58. The maximum absolute atomic E-state index is 11.6. The minimum Gasteiger partial charge on any atom is -0.328 e. The van der Waals surface area contributed by atoms with Crippen molar-refractivity contribution in [2.75, 3.05) is 19.6 Å². The number of likely N-dealkylation sites (N-methyl/N-ethyl adjacent to an activating group) is 1. The van der Waals surface area contributed by atoms with Crippen molar-refractivity contribution in [3.8, 4) is 11.8 Å². The smallest absolute Gasteiger partial charge is 0.298 e. The molecule has 0 aliphatic carbocycles. The Morgan fingerprint density at radius 2 is 2.43 bits per heavy atom. The molecule has 1 fully saturated rings. The number of nitrogens with one attached hydrogen (secondary N) is 1. The maximum atomic E-state index is 11.6. The van der Waals surface area contributed by atoms with Crippen LogP contribution in [0.3, 0.4) is 0 Å². The van der Waals surface area contributed by atoms with Crippen LogP contribution in [0.5, 0.6) is 0 Å². The number of hydrogen-bond donors (Lipinski definition) is 1. The highest BCUT2D eigenvalue weighted by atomic mass is 16.2. The van der Waals surface area contributed by atoms with Crippen molar-refractivity contribution >= 4 is 5.91 Å². The standard InChI is InChI=1S/C11H18N2O/c1-3-6-11(14)13(4-2)10-7-5-8-12-9-10/h10,12H,4-5,7-9H2,1-2H3. The van der Waals surface area contributed by atoms with Crippen molar-refractivity contribution in [3.63, 3.8) is 0 Å². The molecule has 0 saturated carbocycles. The van der Waals surface area contributed by atoms with E-state index in [-0.39, 0.29) is 5.91 Å². The Kier molecular flexibility index (Phi) is 4.48. The molecule has 1 unspecified atom stereocenters. The van der Waals surface area contributed by atoms with Gasteiger partial charge in [-0.1, -0.05) is 5.92 Å². The van der Waals surface area contributed by atoms with Gasteiger partial charge >= 0.3 is 0 Å². The largest absolute Gasteiger partial charge is 0.328 e. The second kappa shape index (κ2) is 5.66. The molecule has 0 aromatic heterocycles. The number of carbonyl (C=O) groups is 1. The highest BCUT2D eigenvalue weighted by molar-refractivity contribution is 5.93. The SMILES string of the molecule is CC#CC(=O)N(CC)C1CCCNC1. The number of nitrogens with zero attached hydrogens (tertiary/aromatic N) is 1. The lowest BCUT2D eigenvalue weighted by Gasteiger charge is -2.32. The minimum absolute atomic E-state index is 0.0382. The van der Waals surface area contributed by atoms with Crippen molar-refractivity contribution in [3.05, 3.63) is 0 Å². The van der Waals surface area contributed by atoms with Crippen LogP contribution in [-0.2, 0) is 4.79 Å². The molecule has 1 amide bonds. The van der Waals surface area contributed by atoms with Crippen LogP contribution in [0.2, 0.25) is 0 Å². The third kappa shape index (κ3) is 2.74. The summed E-state index contributed by atoms with van der Waals surface area (Å²) in [4.78, 5) is 13.5. The van der Waals surface area contributed by atoms with Gasteiger partial charge in [-0.15, -0.1) is 0 Å². The molecule has 1 rings (SSSR count). The fraction of sp³-hybridized carbons (Fsp3) is 0.727. The summed E-state index contributed by atoms with van der Waals surface area (Å²) in [5.41, 5.74) is 0. The fourth-order valence-corrected chi connectivity index (χ4v) is 1.85. The van der Waals surface area contributed by atoms with Crippen molar-refractivity contribution in [2.24, 2.45) is 0 Å². The first-order valence-corrected chi connectivity index (χ1v) is 5.23. The fourth-order valence-electron chi connectivity index (χ4n) is 1.85. The summed E-state index contributed by atoms with van der Waals surface area (Å²) < 4.78 is 0. The molecule has 0 aromatic carbocycles. The molecule has 0 bridgehead atoms. The van der Waals surface area contributed by atoms with Crippen molar-refractivity contribution in [2.45, 2.75) is 32.7 Å². The molecule has 1 atom stereocenters. The normalized spacial score (nSPS) is 20.9. The Bertz CT molecular complexity index is 246. The van der Waals surface area contributed by atoms with Crippen molar-refractivity contribution in [1.82, 2.24) is 10.2 Å². The molecule has 1 heterocycles. The summed E-state index contributed by atoms with van der Waals surface area (Å²) in [6.07, 6.45) is 2.24. The van der Waals surface area contributed by atoms with E-state index in [2.05, 4.69) is 17.2 Å². The van der Waals surface area contributed by atoms with Gasteiger partial charge < -0.3 is 10.2 Å². The molecule has 0 aromatic rings. The summed E-state index contributed by atoms with van der Waals surface area (Å²) in [6, 6.07) is 0.335. The number of carbonyl (C=O) groups excluding carboxylic acids is 1. The minimum atomic E-state index is -0.0382. The molecular weight excluding hydrogens is 176 g/mol. The Labute approximate surface area is 85.9 Å². The molecule has 1 aliphatic rings. The summed E-state index contributed by atoms with van der Waals surface area (Å²) in [7, 11) is 0. The first-order chi connectivity index (χ1) is 6.79. The zero-order chi connectivity index (χ0) is 10.4. The predicted molar refractivity (Wildman–Crippen MR) is 56.7 cm³/mol. The molecule has 14 heavy (non-hydrogen) atoms. The van der Waals surface area contributed by atoms with Gasteiger partial charge in [0.05, 0.1) is 0 Å². The van der Waals surface area contributed by atoms with E-state index in [1.165, 1.54) is 0 Å². The lowest BCUT2D eigenvalue weighted by Crippen LogP contribution is -2.48. The van der Waals surface area contributed by atoms with E-state index in [1.54, 1.807) is 6.92 Å². The van der Waals surface area contributed by atoms with E-state index < -0.39 is 0 Å². The summed E-state index contributed by atoms with van der Waals surface area (Å²) in [6.45, 7) is 6.43. The average molecular weight is 194 g/mol. The highest BCUT2D eigenvalue weighted by Crippen LogP contribution is 2.09. The first kappa shape index (κ1) is 11.1. The van der Waals surface area contributed by atoms with Gasteiger partial charge in [-0.05, 0) is 39.2 Å². The molecule has 3 heteroatoms. The molecule has 1 aliphatic heterocycles. The molecule has 0 radical (unpaired) electrons. The second-order valence-corrected chi connectivity index (χ2v) is 3.47. The molecular formula is C11H18N2O. The van der Waals surface area contributed by atoms with Crippen LogP contribution in [0.25, 0.3) is 0 Å². The number of hydrogen-bond acceptors (Lipinski definition) is 2. The summed E-state index contributed by atoms with van der Waals surface area (Å²) in [5.74, 6) is 5.22. The Morgan fingerprint density at radius 1 is 1.64 bits per heavy atom. The topological polar surface area (TPSA) is 32.3 Å². The Morgan fingerprint density at radius 3 is 2.93 bits per heavy atom. The van der Waals surface area contributed by atoms with Crippen LogP contribution in [0, 0.1) is 11.8 Å². The molecule has 1 saturated heterocycles.